The van der Waals surface area contributed by atoms with Gasteiger partial charge in [-0.1, -0.05) is 0 Å². The molecule has 2 fully saturated rings. The Kier molecular flexibility index (Phi) is 4.18. The molecule has 0 bridgehead atoms. The Morgan fingerprint density at radius 1 is 1.31 bits per heavy atom. The van der Waals surface area contributed by atoms with Gasteiger partial charge in [-0.25, -0.2) is 0 Å². The van der Waals surface area contributed by atoms with E-state index in [1.54, 1.807) is 0 Å². The summed E-state index contributed by atoms with van der Waals surface area (Å²) in [6.07, 6.45) is 6.60. The second kappa shape index (κ2) is 5.64. The van der Waals surface area contributed by atoms with Crippen molar-refractivity contribution in [3.63, 3.8) is 0 Å². The van der Waals surface area contributed by atoms with Crippen molar-refractivity contribution in [2.24, 2.45) is 0 Å². The zero-order valence-corrected chi connectivity index (χ0v) is 9.73. The Morgan fingerprint density at radius 2 is 2.12 bits per heavy atom. The van der Waals surface area contributed by atoms with Crippen molar-refractivity contribution in [2.75, 3.05) is 19.7 Å². The zero-order valence-electron chi connectivity index (χ0n) is 9.73. The second-order valence-corrected chi connectivity index (χ2v) is 4.83. The number of aliphatic carboxylic acids is 1. The lowest BCUT2D eigenvalue weighted by molar-refractivity contribution is -0.137. The number of ether oxygens (including phenoxy) is 1. The lowest BCUT2D eigenvalue weighted by Crippen LogP contribution is -2.31. The van der Waals surface area contributed by atoms with Crippen LogP contribution in [0.25, 0.3) is 0 Å². The molecular weight excluding hydrogens is 206 g/mol. The number of nitrogens with zero attached hydrogens (tertiary/aromatic N) is 1. The molecule has 2 rings (SSSR count). The maximum atomic E-state index is 10.6. The van der Waals surface area contributed by atoms with Gasteiger partial charge in [0.25, 0.3) is 0 Å². The topological polar surface area (TPSA) is 49.8 Å². The van der Waals surface area contributed by atoms with Gasteiger partial charge in [-0.15, -0.1) is 0 Å². The molecule has 0 radical (unpaired) electrons. The van der Waals surface area contributed by atoms with E-state index in [0.717, 1.165) is 19.6 Å². The Bertz CT molecular complexity index is 234. The van der Waals surface area contributed by atoms with Crippen LogP contribution in [-0.4, -0.2) is 47.8 Å². The van der Waals surface area contributed by atoms with E-state index in [2.05, 4.69) is 4.90 Å². The van der Waals surface area contributed by atoms with E-state index < -0.39 is 5.97 Å². The smallest absolute Gasteiger partial charge is 0.304 e. The highest BCUT2D eigenvalue weighted by atomic mass is 16.5. The molecule has 1 atom stereocenters. The van der Waals surface area contributed by atoms with Crippen molar-refractivity contribution in [3.8, 4) is 0 Å². The third-order valence-corrected chi connectivity index (χ3v) is 3.44. The monoisotopic (exact) mass is 227 g/mol. The summed E-state index contributed by atoms with van der Waals surface area (Å²) in [6.45, 7) is 2.61. The molecule has 0 spiro atoms. The molecule has 0 aromatic carbocycles. The highest BCUT2D eigenvalue weighted by molar-refractivity contribution is 5.66. The van der Waals surface area contributed by atoms with Crippen molar-refractivity contribution in [3.05, 3.63) is 0 Å². The van der Waals surface area contributed by atoms with Crippen LogP contribution in [0.4, 0.5) is 0 Å². The minimum Gasteiger partial charge on any atom is -0.481 e. The van der Waals surface area contributed by atoms with Crippen LogP contribution in [0.5, 0.6) is 0 Å². The molecular formula is C12H21NO3. The van der Waals surface area contributed by atoms with E-state index in [1.165, 1.54) is 25.7 Å². The molecule has 0 amide bonds. The van der Waals surface area contributed by atoms with Gasteiger partial charge in [-0.3, -0.25) is 9.69 Å². The summed E-state index contributed by atoms with van der Waals surface area (Å²) in [4.78, 5) is 12.9. The summed E-state index contributed by atoms with van der Waals surface area (Å²) in [5.41, 5.74) is 0. The van der Waals surface area contributed by atoms with Crippen molar-refractivity contribution >= 4 is 5.97 Å². The van der Waals surface area contributed by atoms with E-state index in [-0.39, 0.29) is 6.42 Å². The van der Waals surface area contributed by atoms with Crippen LogP contribution in [0.15, 0.2) is 0 Å². The molecule has 4 nitrogen and oxygen atoms in total. The van der Waals surface area contributed by atoms with Crippen LogP contribution in [0.3, 0.4) is 0 Å². The van der Waals surface area contributed by atoms with Gasteiger partial charge in [0.1, 0.15) is 0 Å². The molecule has 16 heavy (non-hydrogen) atoms. The fraction of sp³-hybridized carbons (Fsp3) is 0.917. The zero-order chi connectivity index (χ0) is 11.4. The van der Waals surface area contributed by atoms with E-state index in [0.29, 0.717) is 18.7 Å². The Balaban J connectivity index is 1.67. The van der Waals surface area contributed by atoms with Gasteiger partial charge in [0, 0.05) is 25.7 Å². The Hall–Kier alpha value is -0.610. The lowest BCUT2D eigenvalue weighted by atomic mass is 10.1. The predicted molar refractivity (Wildman–Crippen MR) is 60.4 cm³/mol. The standard InChI is InChI=1S/C12H21NO3/c14-12(15)6-8-13(10-3-4-10)7-5-11-2-1-9-16-11/h10-11H,1-9H2,(H,14,15). The van der Waals surface area contributed by atoms with Gasteiger partial charge in [0.05, 0.1) is 12.5 Å². The summed E-state index contributed by atoms with van der Waals surface area (Å²) in [5.74, 6) is -0.692. The van der Waals surface area contributed by atoms with Crippen molar-refractivity contribution in [2.45, 2.75) is 50.7 Å². The summed E-state index contributed by atoms with van der Waals surface area (Å²) in [5, 5.41) is 8.69. The highest BCUT2D eigenvalue weighted by Gasteiger charge is 2.29. The molecule has 92 valence electrons. The largest absolute Gasteiger partial charge is 0.481 e. The molecule has 0 aromatic rings. The summed E-state index contributed by atoms with van der Waals surface area (Å²) in [7, 11) is 0. The van der Waals surface area contributed by atoms with E-state index in [1.807, 2.05) is 0 Å². The fourth-order valence-corrected chi connectivity index (χ4v) is 2.34. The number of hydrogen-bond donors (Lipinski definition) is 1. The molecule has 1 aliphatic carbocycles. The SMILES string of the molecule is O=C(O)CCN(CCC1CCCO1)C1CC1. The first kappa shape index (κ1) is 11.9. The molecule has 4 heteroatoms. The van der Waals surface area contributed by atoms with Gasteiger partial charge < -0.3 is 9.84 Å². The first-order valence-corrected chi connectivity index (χ1v) is 6.33. The van der Waals surface area contributed by atoms with Crippen LogP contribution in [0.2, 0.25) is 0 Å². The number of carboxylic acid groups (broad SMARTS) is 1. The molecule has 1 saturated heterocycles. The van der Waals surface area contributed by atoms with Crippen molar-refractivity contribution in [1.82, 2.24) is 4.90 Å². The van der Waals surface area contributed by atoms with E-state index >= 15 is 0 Å². The molecule has 1 unspecified atom stereocenters. The summed E-state index contributed by atoms with van der Waals surface area (Å²) in [6, 6.07) is 0.653. The number of carbonyl (C=O) groups is 1. The average Bonchev–Trinajstić information content (AvgIpc) is 2.95. The maximum absolute atomic E-state index is 10.6. The van der Waals surface area contributed by atoms with Crippen LogP contribution in [-0.2, 0) is 9.53 Å². The highest BCUT2D eigenvalue weighted by Crippen LogP contribution is 2.28. The normalized spacial score (nSPS) is 25.2. The molecule has 1 aliphatic heterocycles. The molecule has 2 aliphatic rings. The Morgan fingerprint density at radius 3 is 2.69 bits per heavy atom. The first-order valence-electron chi connectivity index (χ1n) is 6.33. The van der Waals surface area contributed by atoms with E-state index in [9.17, 15) is 4.79 Å². The fourth-order valence-electron chi connectivity index (χ4n) is 2.34. The van der Waals surface area contributed by atoms with Crippen LogP contribution in [0.1, 0.15) is 38.5 Å². The Labute approximate surface area is 96.6 Å². The van der Waals surface area contributed by atoms with Crippen LogP contribution in [0, 0.1) is 0 Å². The van der Waals surface area contributed by atoms with Gasteiger partial charge in [0.2, 0.25) is 0 Å². The molecule has 1 saturated carbocycles. The number of hydrogen-bond acceptors (Lipinski definition) is 3. The lowest BCUT2D eigenvalue weighted by Gasteiger charge is -2.22. The quantitative estimate of drug-likeness (QED) is 0.716. The summed E-state index contributed by atoms with van der Waals surface area (Å²) >= 11 is 0. The van der Waals surface area contributed by atoms with Crippen molar-refractivity contribution in [1.29, 1.82) is 0 Å². The van der Waals surface area contributed by atoms with Crippen LogP contribution < -0.4 is 0 Å². The second-order valence-electron chi connectivity index (χ2n) is 4.83. The predicted octanol–water partition coefficient (Wildman–Crippen LogP) is 1.49. The molecule has 1 N–H and O–H groups in total. The first-order chi connectivity index (χ1) is 7.75. The third-order valence-electron chi connectivity index (χ3n) is 3.44. The van der Waals surface area contributed by atoms with E-state index in [4.69, 9.17) is 9.84 Å². The molecule has 0 aromatic heterocycles. The van der Waals surface area contributed by atoms with Gasteiger partial charge in [-0.2, -0.15) is 0 Å². The third kappa shape index (κ3) is 3.76. The number of rotatable bonds is 7. The minimum atomic E-state index is -0.692. The maximum Gasteiger partial charge on any atom is 0.304 e. The van der Waals surface area contributed by atoms with Gasteiger partial charge in [-0.05, 0) is 32.1 Å². The summed E-state index contributed by atoms with van der Waals surface area (Å²) < 4.78 is 5.59. The minimum absolute atomic E-state index is 0.266. The van der Waals surface area contributed by atoms with Gasteiger partial charge >= 0.3 is 5.97 Å². The van der Waals surface area contributed by atoms with Crippen molar-refractivity contribution < 1.29 is 14.6 Å². The van der Waals surface area contributed by atoms with Gasteiger partial charge in [0.15, 0.2) is 0 Å². The average molecular weight is 227 g/mol. The van der Waals surface area contributed by atoms with Crippen LogP contribution >= 0.6 is 0 Å². The number of carboxylic acids is 1. The molecule has 1 heterocycles.